The van der Waals surface area contributed by atoms with E-state index in [1.54, 1.807) is 0 Å². The van der Waals surface area contributed by atoms with E-state index in [-0.39, 0.29) is 24.3 Å². The Balaban J connectivity index is 2.96. The highest BCUT2D eigenvalue weighted by Gasteiger charge is 2.11. The second-order valence-corrected chi connectivity index (χ2v) is 2.70. The summed E-state index contributed by atoms with van der Waals surface area (Å²) in [5.74, 6) is 3.55. The zero-order valence-corrected chi connectivity index (χ0v) is 7.72. The standard InChI is InChI=1S/C9H11F2NO2/c1-13-8-5-7(10)4-6(9(8)11)2-3-14-12/h4-5H,2-3,12H2,1H3. The Kier molecular flexibility index (Phi) is 3.79. The van der Waals surface area contributed by atoms with Crippen LogP contribution in [-0.2, 0) is 11.3 Å². The van der Waals surface area contributed by atoms with Crippen molar-refractivity contribution in [1.82, 2.24) is 0 Å². The molecule has 0 amide bonds. The Labute approximate surface area is 80.4 Å². The molecule has 0 heterocycles. The minimum atomic E-state index is -0.578. The molecule has 1 aromatic carbocycles. The lowest BCUT2D eigenvalue weighted by molar-refractivity contribution is 0.140. The van der Waals surface area contributed by atoms with Crippen LogP contribution in [0.15, 0.2) is 12.1 Å². The predicted octanol–water partition coefficient (Wildman–Crippen LogP) is 1.41. The first kappa shape index (κ1) is 10.9. The maximum atomic E-state index is 13.4. The summed E-state index contributed by atoms with van der Waals surface area (Å²) in [6.07, 6.45) is 0.205. The van der Waals surface area contributed by atoms with Crippen LogP contribution in [0.2, 0.25) is 0 Å². The molecule has 0 spiro atoms. The van der Waals surface area contributed by atoms with Crippen LogP contribution in [0.3, 0.4) is 0 Å². The van der Waals surface area contributed by atoms with Crippen molar-refractivity contribution < 1.29 is 18.4 Å². The summed E-state index contributed by atoms with van der Waals surface area (Å²) in [5.41, 5.74) is 0.187. The van der Waals surface area contributed by atoms with E-state index in [4.69, 9.17) is 5.90 Å². The normalized spacial score (nSPS) is 10.3. The molecule has 0 aliphatic rings. The van der Waals surface area contributed by atoms with Crippen LogP contribution in [0, 0.1) is 11.6 Å². The number of halogens is 2. The fourth-order valence-electron chi connectivity index (χ4n) is 1.12. The smallest absolute Gasteiger partial charge is 0.168 e. The molecular formula is C9H11F2NO2. The molecule has 0 aromatic heterocycles. The first-order valence-corrected chi connectivity index (χ1v) is 4.02. The van der Waals surface area contributed by atoms with Crippen molar-refractivity contribution in [3.8, 4) is 5.75 Å². The van der Waals surface area contributed by atoms with E-state index in [9.17, 15) is 8.78 Å². The van der Waals surface area contributed by atoms with Crippen molar-refractivity contribution in [3.63, 3.8) is 0 Å². The Hall–Kier alpha value is -1.20. The minimum absolute atomic E-state index is 0.114. The van der Waals surface area contributed by atoms with Gasteiger partial charge in [0.2, 0.25) is 0 Å². The van der Waals surface area contributed by atoms with Crippen LogP contribution in [0.4, 0.5) is 8.78 Å². The molecule has 0 bridgehead atoms. The predicted molar refractivity (Wildman–Crippen MR) is 46.8 cm³/mol. The Bertz CT molecular complexity index is 318. The van der Waals surface area contributed by atoms with Gasteiger partial charge < -0.3 is 9.57 Å². The summed E-state index contributed by atoms with van der Waals surface area (Å²) in [4.78, 5) is 4.28. The molecular weight excluding hydrogens is 192 g/mol. The van der Waals surface area contributed by atoms with Crippen molar-refractivity contribution >= 4 is 0 Å². The van der Waals surface area contributed by atoms with Gasteiger partial charge >= 0.3 is 0 Å². The van der Waals surface area contributed by atoms with Crippen molar-refractivity contribution in [2.24, 2.45) is 5.90 Å². The fraction of sp³-hybridized carbons (Fsp3) is 0.333. The molecule has 0 atom stereocenters. The van der Waals surface area contributed by atoms with Crippen LogP contribution in [0.5, 0.6) is 5.75 Å². The molecule has 3 nitrogen and oxygen atoms in total. The lowest BCUT2D eigenvalue weighted by Crippen LogP contribution is -2.06. The molecule has 0 aliphatic carbocycles. The number of hydrogen-bond donors (Lipinski definition) is 1. The van der Waals surface area contributed by atoms with Crippen LogP contribution < -0.4 is 10.6 Å². The second-order valence-electron chi connectivity index (χ2n) is 2.70. The molecule has 0 saturated heterocycles. The largest absolute Gasteiger partial charge is 0.494 e. The SMILES string of the molecule is COc1cc(F)cc(CCON)c1F. The summed E-state index contributed by atoms with van der Waals surface area (Å²) in [7, 11) is 1.28. The summed E-state index contributed by atoms with van der Waals surface area (Å²) in [6, 6.07) is 2.08. The van der Waals surface area contributed by atoms with E-state index in [0.29, 0.717) is 0 Å². The number of benzene rings is 1. The molecule has 14 heavy (non-hydrogen) atoms. The molecule has 2 N–H and O–H groups in total. The van der Waals surface area contributed by atoms with E-state index >= 15 is 0 Å². The molecule has 78 valence electrons. The van der Waals surface area contributed by atoms with Crippen LogP contribution in [-0.4, -0.2) is 13.7 Å². The van der Waals surface area contributed by atoms with Gasteiger partial charge in [0.25, 0.3) is 0 Å². The van der Waals surface area contributed by atoms with Crippen LogP contribution in [0.1, 0.15) is 5.56 Å². The zero-order valence-electron chi connectivity index (χ0n) is 7.72. The summed E-state index contributed by atoms with van der Waals surface area (Å²) >= 11 is 0. The highest BCUT2D eigenvalue weighted by atomic mass is 19.1. The maximum Gasteiger partial charge on any atom is 0.168 e. The van der Waals surface area contributed by atoms with E-state index in [2.05, 4.69) is 9.57 Å². The second kappa shape index (κ2) is 4.88. The molecule has 0 radical (unpaired) electrons. The quantitative estimate of drug-likeness (QED) is 0.752. The lowest BCUT2D eigenvalue weighted by atomic mass is 10.1. The van der Waals surface area contributed by atoms with E-state index in [0.717, 1.165) is 12.1 Å². The van der Waals surface area contributed by atoms with Crippen molar-refractivity contribution in [3.05, 3.63) is 29.3 Å². The third-order valence-electron chi connectivity index (χ3n) is 1.79. The van der Waals surface area contributed by atoms with Gasteiger partial charge in [0, 0.05) is 12.5 Å². The van der Waals surface area contributed by atoms with Crippen molar-refractivity contribution in [2.75, 3.05) is 13.7 Å². The van der Waals surface area contributed by atoms with Gasteiger partial charge in [-0.15, -0.1) is 0 Å². The van der Waals surface area contributed by atoms with Gasteiger partial charge in [0.05, 0.1) is 13.7 Å². The Morgan fingerprint density at radius 3 is 2.64 bits per heavy atom. The lowest BCUT2D eigenvalue weighted by Gasteiger charge is -2.07. The average molecular weight is 203 g/mol. The monoisotopic (exact) mass is 203 g/mol. The number of nitrogens with two attached hydrogens (primary N) is 1. The third kappa shape index (κ3) is 2.40. The zero-order chi connectivity index (χ0) is 10.6. The van der Waals surface area contributed by atoms with E-state index in [1.165, 1.54) is 7.11 Å². The molecule has 0 unspecified atom stereocenters. The van der Waals surface area contributed by atoms with Crippen molar-refractivity contribution in [1.29, 1.82) is 0 Å². The highest BCUT2D eigenvalue weighted by Crippen LogP contribution is 2.22. The number of rotatable bonds is 4. The number of ether oxygens (including phenoxy) is 1. The third-order valence-corrected chi connectivity index (χ3v) is 1.79. The Morgan fingerprint density at radius 2 is 2.07 bits per heavy atom. The minimum Gasteiger partial charge on any atom is -0.494 e. The molecule has 5 heteroatoms. The maximum absolute atomic E-state index is 13.4. The molecule has 0 aliphatic heterocycles. The fourth-order valence-corrected chi connectivity index (χ4v) is 1.12. The van der Waals surface area contributed by atoms with Crippen LogP contribution in [0.25, 0.3) is 0 Å². The van der Waals surface area contributed by atoms with Gasteiger partial charge in [0.15, 0.2) is 11.6 Å². The summed E-state index contributed by atoms with van der Waals surface area (Å²) < 4.78 is 31.0. The van der Waals surface area contributed by atoms with E-state index < -0.39 is 11.6 Å². The summed E-state index contributed by atoms with van der Waals surface area (Å²) in [5, 5.41) is 0. The van der Waals surface area contributed by atoms with Gasteiger partial charge in [-0.1, -0.05) is 0 Å². The molecule has 0 saturated carbocycles. The molecule has 1 rings (SSSR count). The first-order valence-electron chi connectivity index (χ1n) is 4.02. The topological polar surface area (TPSA) is 44.5 Å². The van der Waals surface area contributed by atoms with E-state index in [1.807, 2.05) is 0 Å². The first-order chi connectivity index (χ1) is 6.69. The van der Waals surface area contributed by atoms with Gasteiger partial charge in [-0.05, 0) is 11.6 Å². The average Bonchev–Trinajstić information content (AvgIpc) is 2.18. The summed E-state index contributed by atoms with van der Waals surface area (Å²) in [6.45, 7) is 0.128. The van der Waals surface area contributed by atoms with Gasteiger partial charge in [-0.3, -0.25) is 0 Å². The van der Waals surface area contributed by atoms with Crippen LogP contribution >= 0.6 is 0 Å². The van der Waals surface area contributed by atoms with Gasteiger partial charge in [0.1, 0.15) is 5.82 Å². The van der Waals surface area contributed by atoms with Crippen molar-refractivity contribution in [2.45, 2.75) is 6.42 Å². The van der Waals surface area contributed by atoms with Gasteiger partial charge in [-0.2, -0.15) is 0 Å². The number of methoxy groups -OCH3 is 1. The van der Waals surface area contributed by atoms with Gasteiger partial charge in [-0.25, -0.2) is 14.7 Å². The Morgan fingerprint density at radius 1 is 1.36 bits per heavy atom. The molecule has 1 aromatic rings. The number of hydrogen-bond acceptors (Lipinski definition) is 3. The molecule has 0 fully saturated rings. The highest BCUT2D eigenvalue weighted by molar-refractivity contribution is 5.32.